The van der Waals surface area contributed by atoms with Gasteiger partial charge < -0.3 is 59.7 Å². The van der Waals surface area contributed by atoms with E-state index in [1.807, 2.05) is 45.0 Å². The fourth-order valence-electron chi connectivity index (χ4n) is 11.6. The molecule has 7 rings (SSSR count). The molecule has 546 valence electrons. The van der Waals surface area contributed by atoms with Crippen molar-refractivity contribution in [1.29, 1.82) is 27.0 Å². The lowest BCUT2D eigenvalue weighted by Gasteiger charge is -2.37. The lowest BCUT2D eigenvalue weighted by atomic mass is 9.80. The van der Waals surface area contributed by atoms with Crippen molar-refractivity contribution in [3.63, 3.8) is 0 Å². The molecule has 20 heteroatoms. The number of likely N-dealkylation sites (tertiary alicyclic amines) is 2. The summed E-state index contributed by atoms with van der Waals surface area (Å²) in [5.41, 5.74) is 40.7. The number of nitrogens with zero attached hydrogens (tertiary/aromatic N) is 7. The molecule has 1 atom stereocenters. The Morgan fingerprint density at radius 3 is 1.44 bits per heavy atom. The van der Waals surface area contributed by atoms with Crippen LogP contribution in [0.5, 0.6) is 0 Å². The molecule has 4 aliphatic heterocycles. The quantitative estimate of drug-likeness (QED) is 0.0430. The van der Waals surface area contributed by atoms with Gasteiger partial charge in [0.2, 0.25) is 5.95 Å². The number of benzene rings is 2. The molecule has 2 aromatic carbocycles. The van der Waals surface area contributed by atoms with Gasteiger partial charge in [-0.2, -0.15) is 0 Å². The van der Waals surface area contributed by atoms with Gasteiger partial charge in [0.05, 0.1) is 12.4 Å². The van der Waals surface area contributed by atoms with E-state index in [4.69, 9.17) is 61.4 Å². The van der Waals surface area contributed by atoms with Gasteiger partial charge in [0.1, 0.15) is 5.84 Å². The topological polar surface area (TPSA) is 351 Å². The minimum absolute atomic E-state index is 0.132. The zero-order chi connectivity index (χ0) is 73.5. The maximum atomic E-state index is 7.43. The molecule has 20 nitrogen and oxygen atoms in total. The third-order valence-corrected chi connectivity index (χ3v) is 15.9. The smallest absolute Gasteiger partial charge is 0.220 e. The molecule has 3 fully saturated rings. The normalized spacial score (nSPS) is 16.2. The Kier molecular flexibility index (Phi) is 37.2. The first kappa shape index (κ1) is 87.3. The zero-order valence-electron chi connectivity index (χ0n) is 64.5. The number of piperidine rings is 1. The predicted molar refractivity (Wildman–Crippen MR) is 412 cm³/mol. The van der Waals surface area contributed by atoms with Crippen LogP contribution in [-0.2, 0) is 25.7 Å². The number of aliphatic imine (C=N–C) groups is 1. The van der Waals surface area contributed by atoms with Crippen LogP contribution in [0.2, 0.25) is 0 Å². The summed E-state index contributed by atoms with van der Waals surface area (Å²) in [6, 6.07) is 18.7. The number of amidine groups is 2. The fraction of sp³-hybridized carbons (Fsp3) is 0.711. The number of hydrogen-bond donors (Lipinski definition) is 13. The van der Waals surface area contributed by atoms with Crippen LogP contribution in [0.3, 0.4) is 0 Å². The summed E-state index contributed by atoms with van der Waals surface area (Å²) in [5, 5.41) is 43.0. The number of piperazine rings is 1. The van der Waals surface area contributed by atoms with E-state index < -0.39 is 0 Å². The van der Waals surface area contributed by atoms with Crippen molar-refractivity contribution in [1.82, 2.24) is 40.2 Å². The molecule has 5 heterocycles. The molecule has 4 aliphatic rings. The number of nitrogen functional groups attached to an aromatic ring is 2. The van der Waals surface area contributed by atoms with Crippen LogP contribution >= 0.6 is 0 Å². The van der Waals surface area contributed by atoms with Crippen molar-refractivity contribution >= 4 is 41.5 Å². The highest BCUT2D eigenvalue weighted by molar-refractivity contribution is 5.94. The Balaban J connectivity index is 0.000000560. The van der Waals surface area contributed by atoms with E-state index in [-0.39, 0.29) is 29.5 Å². The lowest BCUT2D eigenvalue weighted by molar-refractivity contribution is 0.135. The number of nitrogens with two attached hydrogens (primary N) is 6. The third-order valence-electron chi connectivity index (χ3n) is 15.9. The molecule has 0 bridgehead atoms. The molecule has 19 N–H and O–H groups in total. The first-order chi connectivity index (χ1) is 44.0. The summed E-state index contributed by atoms with van der Waals surface area (Å²) in [6.45, 7) is 58.0. The summed E-state index contributed by atoms with van der Waals surface area (Å²) in [7, 11) is 0. The zero-order valence-corrected chi connectivity index (χ0v) is 64.5. The second kappa shape index (κ2) is 40.9. The molecular formula is C76H142N20. The molecule has 0 aliphatic carbocycles. The molecule has 1 unspecified atom stereocenters. The fourth-order valence-corrected chi connectivity index (χ4v) is 11.6. The third kappa shape index (κ3) is 45.7. The van der Waals surface area contributed by atoms with E-state index in [2.05, 4.69) is 200 Å². The Labute approximate surface area is 584 Å². The van der Waals surface area contributed by atoms with Crippen LogP contribution in [0.1, 0.15) is 231 Å². The van der Waals surface area contributed by atoms with Crippen molar-refractivity contribution in [2.75, 3.05) is 77.7 Å². The minimum Gasteiger partial charge on any atom is -0.387 e. The van der Waals surface area contributed by atoms with Crippen molar-refractivity contribution in [2.24, 2.45) is 77.5 Å². The molecular weight excluding hydrogens is 1190 g/mol. The second-order valence-corrected chi connectivity index (χ2v) is 35.2. The number of aromatic nitrogens is 2. The van der Waals surface area contributed by atoms with Gasteiger partial charge in [-0.3, -0.25) is 36.9 Å². The predicted octanol–water partition coefficient (Wildman–Crippen LogP) is 13.1. The van der Waals surface area contributed by atoms with Crippen molar-refractivity contribution in [3.8, 4) is 0 Å². The Bertz CT molecular complexity index is 2700. The van der Waals surface area contributed by atoms with Crippen molar-refractivity contribution in [3.05, 3.63) is 88.7 Å². The van der Waals surface area contributed by atoms with Gasteiger partial charge in [0.25, 0.3) is 0 Å². The number of anilines is 1. The molecule has 0 amide bonds. The van der Waals surface area contributed by atoms with Gasteiger partial charge in [0.15, 0.2) is 23.8 Å². The van der Waals surface area contributed by atoms with E-state index in [9.17, 15) is 0 Å². The van der Waals surface area contributed by atoms with Gasteiger partial charge >= 0.3 is 0 Å². The standard InChI is InChI=1S/C13H20N2.C12H18N2.C11H23N3.C10H22N4.C10H17N3.2C10H21N3/c1-13(2,3)9-11-6-4-10(5-7-11)8-12(14)15;1-12(2,3)8-9-4-6-10(7-5-9)11(13)14;1-11(2,3)8-9-4-6-14(7-5-9)10(12)13;1-10(2,3)8-13-4-6-14(7-5-13)9(11)12;1-10(2,3)6-4-8-5-7-12-9(11)13-8;1-10(2,3)5-4-6-11-9-12-7-8-13-9;1-10(2,3)7-8-5-4-6-13(8)9(11)12/h4-7H,8-9H2,1-3H3,(H3,14,15);4-7H,8H2,1-3H3,(H3,13,14);9H,4-8H2,1-3H3,(H3,12,13);4-8H2,1-3H3,(H3,11,12);5,7H,4,6H2,1-3H3,(H2,11,12,13);4-8H2,1-3H3,(H2,11,12,13);8H,4-7H2,1-3H3,(H3,11,12). The van der Waals surface area contributed by atoms with E-state index in [0.717, 1.165) is 133 Å². The minimum atomic E-state index is 0.132. The number of rotatable bonds is 13. The summed E-state index contributed by atoms with van der Waals surface area (Å²) in [6.07, 6.45) is 16.1. The van der Waals surface area contributed by atoms with Crippen LogP contribution in [-0.4, -0.2) is 143 Å². The summed E-state index contributed by atoms with van der Waals surface area (Å²) in [4.78, 5) is 20.6. The number of hydrogen-bond acceptors (Lipinski definition) is 12. The Morgan fingerprint density at radius 1 is 0.542 bits per heavy atom. The van der Waals surface area contributed by atoms with Crippen LogP contribution in [0.15, 0.2) is 65.8 Å². The van der Waals surface area contributed by atoms with E-state index in [0.29, 0.717) is 56.3 Å². The van der Waals surface area contributed by atoms with E-state index >= 15 is 0 Å². The van der Waals surface area contributed by atoms with Crippen LogP contribution in [0.25, 0.3) is 0 Å². The first-order valence-electron chi connectivity index (χ1n) is 35.4. The number of guanidine groups is 4. The second-order valence-electron chi connectivity index (χ2n) is 35.2. The monoisotopic (exact) mass is 1340 g/mol. The largest absolute Gasteiger partial charge is 0.387 e. The number of aryl methyl sites for hydroxylation is 1. The molecule has 0 saturated carbocycles. The maximum absolute atomic E-state index is 7.43. The van der Waals surface area contributed by atoms with Crippen LogP contribution < -0.4 is 45.0 Å². The van der Waals surface area contributed by atoms with Crippen LogP contribution in [0.4, 0.5) is 5.95 Å². The highest BCUT2D eigenvalue weighted by Crippen LogP contribution is 2.32. The molecule has 0 radical (unpaired) electrons. The van der Waals surface area contributed by atoms with E-state index in [1.54, 1.807) is 6.20 Å². The Morgan fingerprint density at radius 2 is 1.03 bits per heavy atom. The van der Waals surface area contributed by atoms with Gasteiger partial charge in [-0.1, -0.05) is 194 Å². The molecule has 1 aromatic heterocycles. The average molecular weight is 1340 g/mol. The van der Waals surface area contributed by atoms with Gasteiger partial charge in [-0.05, 0) is 144 Å². The molecule has 96 heavy (non-hydrogen) atoms. The summed E-state index contributed by atoms with van der Waals surface area (Å²) < 4.78 is 0. The first-order valence-corrected chi connectivity index (χ1v) is 35.4. The van der Waals surface area contributed by atoms with Crippen LogP contribution in [0, 0.1) is 70.9 Å². The van der Waals surface area contributed by atoms with Crippen molar-refractivity contribution < 1.29 is 0 Å². The Hall–Kier alpha value is -6.70. The lowest BCUT2D eigenvalue weighted by Crippen LogP contribution is -2.52. The average Bonchev–Trinajstić information content (AvgIpc) is 1.54. The summed E-state index contributed by atoms with van der Waals surface area (Å²) in [5.74, 6) is 3.21. The van der Waals surface area contributed by atoms with Crippen molar-refractivity contribution in [2.45, 2.75) is 235 Å². The SMILES string of the molecule is CC(C)(C)CC1CCCN1C(=N)N.CC(C)(C)CC1CCN(C(=N)N)CC1.CC(C)(C)CCCNC1=NCCN1.CC(C)(C)CCc1ccnc(N)n1.CC(C)(C)CN1CCN(C(=N)N)CC1.CC(C)(C)Cc1ccc(C(=N)N)cc1.CC(C)(C)Cc1ccc(CC(=N)N)cc1. The van der Waals surface area contributed by atoms with Gasteiger partial charge in [-0.25, -0.2) is 9.97 Å². The maximum Gasteiger partial charge on any atom is 0.220 e. The summed E-state index contributed by atoms with van der Waals surface area (Å²) >= 11 is 0. The number of nitrogens with one attached hydrogen (secondary N) is 7. The molecule has 3 aromatic rings. The highest BCUT2D eigenvalue weighted by Gasteiger charge is 2.30. The van der Waals surface area contributed by atoms with E-state index in [1.165, 1.54) is 56.1 Å². The molecule has 0 spiro atoms. The molecule has 3 saturated heterocycles. The van der Waals surface area contributed by atoms with Gasteiger partial charge in [-0.15, -0.1) is 0 Å². The van der Waals surface area contributed by atoms with Gasteiger partial charge in [0, 0.05) is 95.4 Å². The highest BCUT2D eigenvalue weighted by atomic mass is 15.3.